The van der Waals surface area contributed by atoms with Crippen molar-refractivity contribution in [2.75, 3.05) is 19.7 Å². The van der Waals surface area contributed by atoms with E-state index in [0.717, 1.165) is 44.3 Å². The molecule has 2 aliphatic heterocycles. The molecular formula is C20H28N2O3. The molecule has 136 valence electrons. The van der Waals surface area contributed by atoms with Gasteiger partial charge in [0.15, 0.2) is 0 Å². The second kappa shape index (κ2) is 8.00. The Bertz CT molecular complexity index is 623. The van der Waals surface area contributed by atoms with Gasteiger partial charge < -0.3 is 15.4 Å². The quantitative estimate of drug-likeness (QED) is 0.888. The van der Waals surface area contributed by atoms with Crippen LogP contribution in [0.1, 0.15) is 36.8 Å². The highest BCUT2D eigenvalue weighted by Gasteiger charge is 2.35. The molecule has 2 atom stereocenters. The third-order valence-electron chi connectivity index (χ3n) is 5.71. The van der Waals surface area contributed by atoms with E-state index in [2.05, 4.69) is 0 Å². The average molecular weight is 344 g/mol. The number of benzene rings is 1. The molecule has 0 saturated carbocycles. The molecule has 2 fully saturated rings. The number of hydrogen-bond donors (Lipinski definition) is 1. The van der Waals surface area contributed by atoms with Gasteiger partial charge in [0.1, 0.15) is 0 Å². The van der Waals surface area contributed by atoms with Crippen LogP contribution < -0.4 is 5.73 Å². The van der Waals surface area contributed by atoms with Gasteiger partial charge in [-0.3, -0.25) is 9.59 Å². The predicted octanol–water partition coefficient (Wildman–Crippen LogP) is 2.06. The van der Waals surface area contributed by atoms with Gasteiger partial charge in [0, 0.05) is 19.7 Å². The average Bonchev–Trinajstić information content (AvgIpc) is 3.06. The monoisotopic (exact) mass is 344 g/mol. The van der Waals surface area contributed by atoms with Gasteiger partial charge >= 0.3 is 0 Å². The number of nitrogens with zero attached hydrogens (tertiary/aromatic N) is 1. The highest BCUT2D eigenvalue weighted by atomic mass is 16.5. The van der Waals surface area contributed by atoms with Crippen LogP contribution in [0, 0.1) is 18.8 Å². The van der Waals surface area contributed by atoms with E-state index in [9.17, 15) is 9.59 Å². The fourth-order valence-corrected chi connectivity index (χ4v) is 4.04. The van der Waals surface area contributed by atoms with Crippen molar-refractivity contribution in [2.45, 2.75) is 45.1 Å². The Hall–Kier alpha value is -1.88. The van der Waals surface area contributed by atoms with Gasteiger partial charge in [-0.25, -0.2) is 0 Å². The van der Waals surface area contributed by atoms with E-state index in [0.29, 0.717) is 18.9 Å². The first-order valence-corrected chi connectivity index (χ1v) is 9.28. The second-order valence-corrected chi connectivity index (χ2v) is 7.37. The van der Waals surface area contributed by atoms with Crippen LogP contribution in [0.4, 0.5) is 0 Å². The van der Waals surface area contributed by atoms with Crippen molar-refractivity contribution in [1.82, 2.24) is 4.90 Å². The summed E-state index contributed by atoms with van der Waals surface area (Å²) in [5.41, 5.74) is 7.75. The molecule has 3 rings (SSSR count). The van der Waals surface area contributed by atoms with E-state index < -0.39 is 0 Å². The van der Waals surface area contributed by atoms with Gasteiger partial charge in [-0.1, -0.05) is 24.3 Å². The third kappa shape index (κ3) is 4.40. The number of nitrogens with two attached hydrogens (primary N) is 1. The van der Waals surface area contributed by atoms with Crippen LogP contribution in [0.2, 0.25) is 0 Å². The van der Waals surface area contributed by atoms with Gasteiger partial charge in [-0.05, 0) is 49.7 Å². The number of carbonyl (C=O) groups is 2. The molecule has 5 nitrogen and oxygen atoms in total. The molecule has 2 aliphatic rings. The highest BCUT2D eigenvalue weighted by Crippen LogP contribution is 2.30. The Morgan fingerprint density at radius 2 is 1.92 bits per heavy atom. The number of ether oxygens (including phenoxy) is 1. The van der Waals surface area contributed by atoms with Crippen molar-refractivity contribution >= 4 is 11.8 Å². The van der Waals surface area contributed by atoms with Crippen LogP contribution in [-0.2, 0) is 20.7 Å². The maximum atomic E-state index is 12.6. The van der Waals surface area contributed by atoms with Crippen molar-refractivity contribution in [3.05, 3.63) is 35.4 Å². The molecule has 2 amide bonds. The lowest BCUT2D eigenvalue weighted by Gasteiger charge is -2.33. The maximum Gasteiger partial charge on any atom is 0.226 e. The molecule has 1 aromatic carbocycles. The molecule has 0 aliphatic carbocycles. The molecule has 25 heavy (non-hydrogen) atoms. The molecule has 1 aromatic rings. The number of amides is 2. The Kier molecular flexibility index (Phi) is 5.74. The Balaban J connectivity index is 1.48. The summed E-state index contributed by atoms with van der Waals surface area (Å²) in [5, 5.41) is 0. The minimum atomic E-state index is -0.242. The smallest absolute Gasteiger partial charge is 0.226 e. The molecule has 0 bridgehead atoms. The highest BCUT2D eigenvalue weighted by molar-refractivity contribution is 5.79. The van der Waals surface area contributed by atoms with Crippen LogP contribution in [-0.4, -0.2) is 42.5 Å². The van der Waals surface area contributed by atoms with Crippen molar-refractivity contribution in [2.24, 2.45) is 17.6 Å². The van der Waals surface area contributed by atoms with Gasteiger partial charge in [0.2, 0.25) is 11.8 Å². The number of primary amides is 1. The Labute approximate surface area is 149 Å². The summed E-state index contributed by atoms with van der Waals surface area (Å²) >= 11 is 0. The topological polar surface area (TPSA) is 72.6 Å². The summed E-state index contributed by atoms with van der Waals surface area (Å²) in [6, 6.07) is 8.06. The molecule has 0 aromatic heterocycles. The zero-order valence-corrected chi connectivity index (χ0v) is 14.9. The Morgan fingerprint density at radius 3 is 2.60 bits per heavy atom. The van der Waals surface area contributed by atoms with Crippen molar-refractivity contribution < 1.29 is 14.3 Å². The van der Waals surface area contributed by atoms with Crippen LogP contribution in [0.25, 0.3) is 0 Å². The van der Waals surface area contributed by atoms with Gasteiger partial charge in [-0.2, -0.15) is 0 Å². The van der Waals surface area contributed by atoms with Gasteiger partial charge in [-0.15, -0.1) is 0 Å². The van der Waals surface area contributed by atoms with E-state index >= 15 is 0 Å². The van der Waals surface area contributed by atoms with E-state index in [1.807, 2.05) is 36.1 Å². The maximum absolute atomic E-state index is 12.6. The molecule has 0 unspecified atom stereocenters. The summed E-state index contributed by atoms with van der Waals surface area (Å²) in [6.07, 6.45) is 4.03. The standard InChI is InChI=1S/C20H28N2O3/c1-14-4-2-3-5-16(14)13-19(23)22-9-6-15(7-10-22)12-18-17(20(21)24)8-11-25-18/h2-5,15,17-18H,6-13H2,1H3,(H2,21,24)/t17-,18-/m1/s1. The number of piperidine rings is 1. The SMILES string of the molecule is Cc1ccccc1CC(=O)N1CCC(C[C@H]2OCC[C@H]2C(N)=O)CC1. The lowest BCUT2D eigenvalue weighted by atomic mass is 9.86. The normalized spacial score (nSPS) is 24.4. The van der Waals surface area contributed by atoms with Crippen LogP contribution in [0.15, 0.2) is 24.3 Å². The number of carbonyl (C=O) groups excluding carboxylic acids is 2. The third-order valence-corrected chi connectivity index (χ3v) is 5.71. The summed E-state index contributed by atoms with van der Waals surface area (Å²) in [6.45, 7) is 4.27. The van der Waals surface area contributed by atoms with Crippen LogP contribution in [0.3, 0.4) is 0 Å². The lowest BCUT2D eigenvalue weighted by molar-refractivity contribution is -0.132. The molecule has 2 heterocycles. The number of rotatable bonds is 5. The van der Waals surface area contributed by atoms with Crippen molar-refractivity contribution in [3.8, 4) is 0 Å². The predicted molar refractivity (Wildman–Crippen MR) is 95.8 cm³/mol. The molecule has 2 N–H and O–H groups in total. The minimum absolute atomic E-state index is 0.0308. The molecule has 0 spiro atoms. The first kappa shape index (κ1) is 17.9. The Morgan fingerprint density at radius 1 is 1.20 bits per heavy atom. The summed E-state index contributed by atoms with van der Waals surface area (Å²) in [5.74, 6) is 0.335. The molecule has 0 radical (unpaired) electrons. The lowest BCUT2D eigenvalue weighted by Crippen LogP contribution is -2.40. The van der Waals surface area contributed by atoms with Gasteiger partial charge in [0.05, 0.1) is 18.4 Å². The fraction of sp³-hybridized carbons (Fsp3) is 0.600. The fourth-order valence-electron chi connectivity index (χ4n) is 4.04. The summed E-state index contributed by atoms with van der Waals surface area (Å²) < 4.78 is 5.71. The molecular weight excluding hydrogens is 316 g/mol. The molecule has 2 saturated heterocycles. The molecule has 5 heteroatoms. The minimum Gasteiger partial charge on any atom is -0.377 e. The summed E-state index contributed by atoms with van der Waals surface area (Å²) in [7, 11) is 0. The van der Waals surface area contributed by atoms with Crippen LogP contribution >= 0.6 is 0 Å². The number of hydrogen-bond acceptors (Lipinski definition) is 3. The van der Waals surface area contributed by atoms with E-state index in [4.69, 9.17) is 10.5 Å². The van der Waals surface area contributed by atoms with E-state index in [1.54, 1.807) is 0 Å². The van der Waals surface area contributed by atoms with Gasteiger partial charge in [0.25, 0.3) is 0 Å². The number of aryl methyl sites for hydroxylation is 1. The van der Waals surface area contributed by atoms with Crippen LogP contribution in [0.5, 0.6) is 0 Å². The first-order valence-electron chi connectivity index (χ1n) is 9.28. The zero-order chi connectivity index (χ0) is 17.8. The van der Waals surface area contributed by atoms with Crippen molar-refractivity contribution in [3.63, 3.8) is 0 Å². The first-order chi connectivity index (χ1) is 12.0. The van der Waals surface area contributed by atoms with E-state index in [1.165, 1.54) is 5.56 Å². The summed E-state index contributed by atoms with van der Waals surface area (Å²) in [4.78, 5) is 26.0. The largest absolute Gasteiger partial charge is 0.377 e. The zero-order valence-electron chi connectivity index (χ0n) is 14.9. The second-order valence-electron chi connectivity index (χ2n) is 7.37. The number of likely N-dealkylation sites (tertiary alicyclic amines) is 1. The van der Waals surface area contributed by atoms with Crippen molar-refractivity contribution in [1.29, 1.82) is 0 Å². The van der Waals surface area contributed by atoms with E-state index in [-0.39, 0.29) is 23.8 Å².